The first-order valence-electron chi connectivity index (χ1n) is 11.0. The van der Waals surface area contributed by atoms with Crippen LogP contribution in [0, 0.1) is 28.6 Å². The Labute approximate surface area is 176 Å². The number of esters is 1. The zero-order valence-corrected chi connectivity index (χ0v) is 18.1. The normalized spacial score (nSPS) is 50.6. The van der Waals surface area contributed by atoms with E-state index in [1.54, 1.807) is 6.08 Å². The number of ketones is 2. The van der Waals surface area contributed by atoms with Gasteiger partial charge in [0.1, 0.15) is 11.2 Å². The van der Waals surface area contributed by atoms with Crippen LogP contribution in [0.4, 0.5) is 0 Å². The van der Waals surface area contributed by atoms with Gasteiger partial charge in [-0.05, 0) is 50.0 Å². The van der Waals surface area contributed by atoms with E-state index in [4.69, 9.17) is 9.47 Å². The van der Waals surface area contributed by atoms with Gasteiger partial charge in [-0.3, -0.25) is 14.4 Å². The average molecular weight is 414 g/mol. The van der Waals surface area contributed by atoms with Gasteiger partial charge < -0.3 is 14.6 Å². The first kappa shape index (κ1) is 20.1. The van der Waals surface area contributed by atoms with E-state index in [9.17, 15) is 19.5 Å². The number of fused-ring (bicyclic) bond motifs is 3. The molecule has 1 N–H and O–H groups in total. The highest BCUT2D eigenvalue weighted by atomic mass is 16.6. The number of allylic oxidation sites excluding steroid dienone is 2. The van der Waals surface area contributed by atoms with E-state index < -0.39 is 29.4 Å². The fourth-order valence-corrected chi connectivity index (χ4v) is 7.76. The largest absolute Gasteiger partial charge is 0.458 e. The van der Waals surface area contributed by atoms with E-state index in [1.165, 1.54) is 6.92 Å². The highest BCUT2D eigenvalue weighted by Gasteiger charge is 2.81. The van der Waals surface area contributed by atoms with Crippen molar-refractivity contribution in [3.8, 4) is 0 Å². The smallest absolute Gasteiger partial charge is 0.303 e. The molecule has 1 saturated heterocycles. The summed E-state index contributed by atoms with van der Waals surface area (Å²) in [5, 5.41) is 11.8. The van der Waals surface area contributed by atoms with Crippen LogP contribution in [0.3, 0.4) is 0 Å². The number of aliphatic hydroxyl groups is 1. The summed E-state index contributed by atoms with van der Waals surface area (Å²) in [6.07, 6.45) is 8.41. The fourth-order valence-electron chi connectivity index (χ4n) is 7.76. The monoisotopic (exact) mass is 414 g/mol. The van der Waals surface area contributed by atoms with Crippen LogP contribution in [-0.2, 0) is 23.9 Å². The SMILES string of the molecule is CC(=O)OCC(=O)[C@@]1(O)[C@H](C)CC2C3CC=C4CC(=O)C=C[C@]4(C)[C@@]34O[C@H]4C[C@@]21C. The van der Waals surface area contributed by atoms with Gasteiger partial charge >= 0.3 is 5.97 Å². The molecule has 162 valence electrons. The zero-order valence-electron chi connectivity index (χ0n) is 18.1. The second kappa shape index (κ2) is 5.92. The second-order valence-electron chi connectivity index (χ2n) is 10.5. The molecule has 5 aliphatic rings. The molecule has 30 heavy (non-hydrogen) atoms. The highest BCUT2D eigenvalue weighted by Crippen LogP contribution is 2.75. The first-order chi connectivity index (χ1) is 14.0. The molecule has 6 nitrogen and oxygen atoms in total. The van der Waals surface area contributed by atoms with Crippen molar-refractivity contribution in [1.29, 1.82) is 0 Å². The Kier molecular flexibility index (Phi) is 3.97. The van der Waals surface area contributed by atoms with Gasteiger partial charge in [0.2, 0.25) is 5.78 Å². The standard InChI is InChI=1S/C24H30O6/c1-13-9-18-17-6-5-15-10-16(26)7-8-21(15,3)24(17)20(30-24)11-22(18,4)23(13,28)19(27)12-29-14(2)25/h5,7-8,13,17-18,20,28H,6,9-12H2,1-4H3/t13-,17?,18?,20+,21+,22+,23+,24-/m1/s1. The maximum atomic E-state index is 13.1. The molecule has 5 rings (SSSR count). The van der Waals surface area contributed by atoms with Crippen molar-refractivity contribution in [1.82, 2.24) is 0 Å². The summed E-state index contributed by atoms with van der Waals surface area (Å²) in [4.78, 5) is 36.4. The van der Waals surface area contributed by atoms with Gasteiger partial charge in [-0.15, -0.1) is 0 Å². The minimum Gasteiger partial charge on any atom is -0.458 e. The van der Waals surface area contributed by atoms with Crippen molar-refractivity contribution in [3.63, 3.8) is 0 Å². The summed E-state index contributed by atoms with van der Waals surface area (Å²) in [5.74, 6) is -0.754. The molecule has 0 aromatic heterocycles. The Bertz CT molecular complexity index is 919. The van der Waals surface area contributed by atoms with Crippen LogP contribution in [0.1, 0.15) is 53.4 Å². The molecule has 0 bridgehead atoms. The van der Waals surface area contributed by atoms with Gasteiger partial charge in [-0.1, -0.05) is 31.6 Å². The lowest BCUT2D eigenvalue weighted by Gasteiger charge is -2.54. The van der Waals surface area contributed by atoms with E-state index in [2.05, 4.69) is 13.0 Å². The van der Waals surface area contributed by atoms with Crippen molar-refractivity contribution in [2.24, 2.45) is 28.6 Å². The van der Waals surface area contributed by atoms with Crippen molar-refractivity contribution in [2.45, 2.75) is 70.7 Å². The Balaban J connectivity index is 1.53. The summed E-state index contributed by atoms with van der Waals surface area (Å²) < 4.78 is 11.4. The number of hydrogen-bond acceptors (Lipinski definition) is 6. The Morgan fingerprint density at radius 1 is 1.30 bits per heavy atom. The molecular weight excluding hydrogens is 384 g/mol. The third kappa shape index (κ3) is 2.14. The number of Topliss-reactive ketones (excluding diaryl/α,β-unsaturated/α-hetero) is 1. The van der Waals surface area contributed by atoms with Crippen LogP contribution in [0.25, 0.3) is 0 Å². The number of carbonyl (C=O) groups excluding carboxylic acids is 3. The van der Waals surface area contributed by atoms with Gasteiger partial charge in [0, 0.05) is 24.2 Å². The van der Waals surface area contributed by atoms with Crippen molar-refractivity contribution in [2.75, 3.05) is 6.61 Å². The molecule has 8 atom stereocenters. The lowest BCUT2D eigenvalue weighted by molar-refractivity contribution is -0.170. The number of rotatable bonds is 3. The van der Waals surface area contributed by atoms with Crippen LogP contribution in [0.5, 0.6) is 0 Å². The summed E-state index contributed by atoms with van der Waals surface area (Å²) >= 11 is 0. The molecule has 3 fully saturated rings. The number of ether oxygens (including phenoxy) is 2. The van der Waals surface area contributed by atoms with Gasteiger partial charge in [0.15, 0.2) is 12.4 Å². The van der Waals surface area contributed by atoms with E-state index >= 15 is 0 Å². The Hall–Kier alpha value is -1.79. The molecule has 0 radical (unpaired) electrons. The fraction of sp³-hybridized carbons (Fsp3) is 0.708. The van der Waals surface area contributed by atoms with Gasteiger partial charge in [-0.25, -0.2) is 0 Å². The Morgan fingerprint density at radius 2 is 2.03 bits per heavy atom. The third-order valence-electron chi connectivity index (χ3n) is 9.31. The molecule has 0 aromatic carbocycles. The Morgan fingerprint density at radius 3 is 2.73 bits per heavy atom. The van der Waals surface area contributed by atoms with E-state index in [1.807, 2.05) is 19.9 Å². The van der Waals surface area contributed by atoms with Gasteiger partial charge in [0.05, 0.1) is 6.10 Å². The second-order valence-corrected chi connectivity index (χ2v) is 10.5. The summed E-state index contributed by atoms with van der Waals surface area (Å²) in [6, 6.07) is 0. The van der Waals surface area contributed by atoms with Gasteiger partial charge in [0.25, 0.3) is 0 Å². The lowest BCUT2D eigenvalue weighted by atomic mass is 9.47. The van der Waals surface area contributed by atoms with Crippen LogP contribution < -0.4 is 0 Å². The predicted molar refractivity (Wildman–Crippen MR) is 107 cm³/mol. The van der Waals surface area contributed by atoms with Crippen LogP contribution >= 0.6 is 0 Å². The van der Waals surface area contributed by atoms with Crippen LogP contribution in [0.2, 0.25) is 0 Å². The number of hydrogen-bond donors (Lipinski definition) is 1. The van der Waals surface area contributed by atoms with E-state index in [0.29, 0.717) is 12.8 Å². The zero-order chi connectivity index (χ0) is 21.7. The number of carbonyl (C=O) groups is 3. The molecule has 1 spiro atoms. The molecule has 0 aromatic rings. The maximum absolute atomic E-state index is 13.1. The van der Waals surface area contributed by atoms with Gasteiger partial charge in [-0.2, -0.15) is 0 Å². The quantitative estimate of drug-likeness (QED) is 0.433. The molecule has 0 amide bonds. The molecule has 4 aliphatic carbocycles. The molecule has 2 unspecified atom stereocenters. The van der Waals surface area contributed by atoms with Crippen molar-refractivity contribution < 1.29 is 29.0 Å². The summed E-state index contributed by atoms with van der Waals surface area (Å²) in [5.41, 5.74) is -1.72. The average Bonchev–Trinajstić information content (AvgIpc) is 3.36. The predicted octanol–water partition coefficient (Wildman–Crippen LogP) is 2.53. The van der Waals surface area contributed by atoms with E-state index in [-0.39, 0.29) is 40.7 Å². The molecule has 1 aliphatic heterocycles. The summed E-state index contributed by atoms with van der Waals surface area (Å²) in [7, 11) is 0. The maximum Gasteiger partial charge on any atom is 0.303 e. The minimum atomic E-state index is -1.55. The molecule has 1 heterocycles. The lowest BCUT2D eigenvalue weighted by Crippen LogP contribution is -2.62. The molecule has 6 heteroatoms. The van der Waals surface area contributed by atoms with Crippen LogP contribution in [0.15, 0.2) is 23.8 Å². The first-order valence-corrected chi connectivity index (χ1v) is 11.0. The topological polar surface area (TPSA) is 93.2 Å². The number of epoxide rings is 1. The van der Waals surface area contributed by atoms with Crippen molar-refractivity contribution in [3.05, 3.63) is 23.8 Å². The molecular formula is C24H30O6. The third-order valence-corrected chi connectivity index (χ3v) is 9.31. The van der Waals surface area contributed by atoms with Crippen molar-refractivity contribution >= 4 is 17.5 Å². The minimum absolute atomic E-state index is 0.0614. The molecule has 2 saturated carbocycles. The van der Waals surface area contributed by atoms with E-state index in [0.717, 1.165) is 18.4 Å². The highest BCUT2D eigenvalue weighted by molar-refractivity contribution is 5.94. The summed E-state index contributed by atoms with van der Waals surface area (Å²) in [6.45, 7) is 6.99. The van der Waals surface area contributed by atoms with Crippen LogP contribution in [-0.4, -0.2) is 46.6 Å².